The van der Waals surface area contributed by atoms with Gasteiger partial charge in [0, 0.05) is 71.3 Å². The van der Waals surface area contributed by atoms with E-state index in [2.05, 4.69) is 455 Å². The summed E-state index contributed by atoms with van der Waals surface area (Å²) < 4.78 is 13.7. The fraction of sp³-hybridized carbons (Fsp3) is 0.0635. The first-order valence-electron chi connectivity index (χ1n) is 46.4. The van der Waals surface area contributed by atoms with Crippen LogP contribution in [0.25, 0.3) is 167 Å². The van der Waals surface area contributed by atoms with Gasteiger partial charge in [-0.1, -0.05) is 443 Å². The van der Waals surface area contributed by atoms with Crippen molar-refractivity contribution in [3.8, 4) is 124 Å². The van der Waals surface area contributed by atoms with E-state index in [1.165, 1.54) is 99.8 Å². The molecule has 5 heterocycles. The average molecular weight is 1810 g/mol. The van der Waals surface area contributed by atoms with Gasteiger partial charge in [-0.05, 0) is 168 Å². The summed E-state index contributed by atoms with van der Waals surface area (Å²) in [6.45, 7) is 8.38. The summed E-state index contributed by atoms with van der Waals surface area (Å²) in [7, 11) is -0.449. The van der Waals surface area contributed by atoms with Crippen LogP contribution in [-0.4, -0.2) is 48.2 Å². The predicted octanol–water partition coefficient (Wildman–Crippen LogP) is 30.8. The molecule has 0 bridgehead atoms. The lowest BCUT2D eigenvalue weighted by Crippen LogP contribution is -2.41. The van der Waals surface area contributed by atoms with E-state index in [0.717, 1.165) is 116 Å². The standard InChI is InChI=1S/C60H39N3.C44H36BNO2.C22H15BrN2/c1-5-18-40(19-6-1)41-32-34-42(35-33-41)54-39-55(63-59(62-54)43-20-7-2-8-21-43)44-22-17-23-45(38-44)58-50-36-37-52-57(56(50)49-29-14-16-31-53(49)61-58)48-28-13-15-30-51(48)60(52,46-24-9-3-10-25-46)47-26-11-4-12-27-47;1-42(2)43(3,4)48-45(47-42)32-21-15-16-29(28-32)41-35-26-27-37-40(39(35)34-23-12-14-25-38(34)46-41)33-22-11-13-24-36(33)44(37,30-17-7-5-8-18-30)31-19-9-6-10-20-31;23-21-15-20(24-22(25-21)19-9-5-2-6-10-19)18-13-11-17(12-14-18)16-7-3-1-4-8-16/h1-39H;5-28H,1-4H3;1-15H. The van der Waals surface area contributed by atoms with Crippen LogP contribution in [0.2, 0.25) is 0 Å². The summed E-state index contributed by atoms with van der Waals surface area (Å²) in [5, 5.41) is 6.99. The van der Waals surface area contributed by atoms with Crippen LogP contribution < -0.4 is 5.46 Å². The van der Waals surface area contributed by atoms with Crippen LogP contribution in [0, 0.1) is 0 Å². The van der Waals surface area contributed by atoms with Crippen LogP contribution in [-0.2, 0) is 20.1 Å². The number of hydrogen-bond donors (Lipinski definition) is 0. The minimum atomic E-state index is -0.504. The second-order valence-corrected chi connectivity index (χ2v) is 36.9. The largest absolute Gasteiger partial charge is 0.494 e. The summed E-state index contributed by atoms with van der Waals surface area (Å²) in [5.41, 5.74) is 32.8. The van der Waals surface area contributed by atoms with Crippen LogP contribution in [0.4, 0.5) is 0 Å². The van der Waals surface area contributed by atoms with E-state index in [0.29, 0.717) is 5.82 Å². The zero-order valence-corrected chi connectivity index (χ0v) is 77.1. The molecule has 2 aliphatic carbocycles. The van der Waals surface area contributed by atoms with Crippen molar-refractivity contribution in [3.63, 3.8) is 0 Å². The van der Waals surface area contributed by atoms with Crippen molar-refractivity contribution >= 4 is 71.9 Å². The summed E-state index contributed by atoms with van der Waals surface area (Å²) in [6.07, 6.45) is 0. The summed E-state index contributed by atoms with van der Waals surface area (Å²) in [4.78, 5) is 30.4. The van der Waals surface area contributed by atoms with E-state index < -0.39 is 29.2 Å². The Kier molecular flexibility index (Phi) is 21.8. The second-order valence-electron chi connectivity index (χ2n) is 36.1. The monoisotopic (exact) mass is 1810 g/mol. The highest BCUT2D eigenvalue weighted by atomic mass is 79.9. The van der Waals surface area contributed by atoms with Crippen LogP contribution >= 0.6 is 15.9 Å². The van der Waals surface area contributed by atoms with Gasteiger partial charge in [0.25, 0.3) is 0 Å². The lowest BCUT2D eigenvalue weighted by atomic mass is 9.67. The molecular formula is C126H90BBrN6O2. The highest BCUT2D eigenvalue weighted by Crippen LogP contribution is 2.61. The number of fused-ring (bicyclic) bond motifs is 14. The molecule has 646 valence electrons. The SMILES string of the molecule is Brc1cc(-c2ccc(-c3ccccc3)cc2)nc(-c2ccccc2)n1.CC1(C)OB(c2cccc(-c3nc4ccccc4c4c5c(ccc34)C(c3ccccc3)(c3ccccc3)c3ccccc3-5)c2)OC1(C)C.c1ccc(-c2ccc(-c3cc(-c4cccc(-c5nc6ccccc6c6c7c(ccc56)C(c5ccccc5)(c5ccccc5)c5ccccc5-7)c4)nc(-c4ccccc4)n3)cc2)cc1. The third-order valence-corrected chi connectivity index (χ3v) is 28.2. The highest BCUT2D eigenvalue weighted by Gasteiger charge is 2.53. The van der Waals surface area contributed by atoms with Gasteiger partial charge in [-0.2, -0.15) is 0 Å². The van der Waals surface area contributed by atoms with Gasteiger partial charge in [-0.15, -0.1) is 0 Å². The Morgan fingerprint density at radius 1 is 0.228 bits per heavy atom. The molecule has 136 heavy (non-hydrogen) atoms. The maximum absolute atomic E-state index is 6.46. The average Bonchev–Trinajstić information content (AvgIpc) is 1.52. The Morgan fingerprint density at radius 2 is 0.544 bits per heavy atom. The summed E-state index contributed by atoms with van der Waals surface area (Å²) in [6, 6.07) is 168. The molecule has 0 radical (unpaired) electrons. The van der Waals surface area contributed by atoms with Crippen LogP contribution in [0.3, 0.4) is 0 Å². The molecule has 1 aliphatic heterocycles. The summed E-state index contributed by atoms with van der Waals surface area (Å²) in [5.74, 6) is 1.40. The maximum Gasteiger partial charge on any atom is 0.494 e. The van der Waals surface area contributed by atoms with Crippen molar-refractivity contribution in [1.29, 1.82) is 0 Å². The molecule has 0 atom stereocenters. The van der Waals surface area contributed by atoms with Gasteiger partial charge in [0.2, 0.25) is 0 Å². The van der Waals surface area contributed by atoms with Crippen molar-refractivity contribution in [2.75, 3.05) is 0 Å². The third-order valence-electron chi connectivity index (χ3n) is 27.7. The number of hydrogen-bond acceptors (Lipinski definition) is 8. The first kappa shape index (κ1) is 84.2. The molecule has 0 amide bonds. The van der Waals surface area contributed by atoms with E-state index in [4.69, 9.17) is 34.2 Å². The number of nitrogens with zero attached hydrogens (tertiary/aromatic N) is 6. The number of aromatic nitrogens is 6. The Balaban J connectivity index is 0.000000125. The molecule has 8 nitrogen and oxygen atoms in total. The van der Waals surface area contributed by atoms with Crippen LogP contribution in [0.15, 0.2) is 478 Å². The van der Waals surface area contributed by atoms with Gasteiger partial charge in [0.15, 0.2) is 11.6 Å². The first-order valence-corrected chi connectivity index (χ1v) is 47.2. The molecule has 3 aliphatic rings. The maximum atomic E-state index is 6.46. The smallest absolute Gasteiger partial charge is 0.399 e. The van der Waals surface area contributed by atoms with Crippen molar-refractivity contribution < 1.29 is 9.31 Å². The molecular weight excluding hydrogens is 1720 g/mol. The molecule has 0 spiro atoms. The molecule has 18 aromatic carbocycles. The molecule has 0 unspecified atom stereocenters. The van der Waals surface area contributed by atoms with E-state index in [1.54, 1.807) is 0 Å². The molecule has 1 saturated heterocycles. The van der Waals surface area contributed by atoms with E-state index in [1.807, 2.05) is 66.7 Å². The Morgan fingerprint density at radius 3 is 0.971 bits per heavy atom. The minimum absolute atomic E-state index is 0.417. The summed E-state index contributed by atoms with van der Waals surface area (Å²) >= 11 is 3.51. The Labute approximate surface area is 800 Å². The van der Waals surface area contributed by atoms with Gasteiger partial charge < -0.3 is 9.31 Å². The molecule has 0 saturated carbocycles. The van der Waals surface area contributed by atoms with Crippen LogP contribution in [0.5, 0.6) is 0 Å². The Bertz CT molecular complexity index is 8170. The minimum Gasteiger partial charge on any atom is -0.399 e. The van der Waals surface area contributed by atoms with Gasteiger partial charge in [-0.3, -0.25) is 0 Å². The fourth-order valence-corrected chi connectivity index (χ4v) is 21.1. The molecule has 10 heteroatoms. The molecule has 25 rings (SSSR count). The molecule has 22 aromatic rings. The van der Waals surface area contributed by atoms with E-state index >= 15 is 0 Å². The number of para-hydroxylation sites is 2. The van der Waals surface area contributed by atoms with Gasteiger partial charge in [0.05, 0.1) is 61.5 Å². The lowest BCUT2D eigenvalue weighted by Gasteiger charge is -2.34. The topological polar surface area (TPSA) is 95.8 Å². The lowest BCUT2D eigenvalue weighted by molar-refractivity contribution is 0.00578. The Hall–Kier alpha value is -16.1. The van der Waals surface area contributed by atoms with Crippen LogP contribution in [0.1, 0.15) is 72.2 Å². The van der Waals surface area contributed by atoms with Crippen molar-refractivity contribution in [2.45, 2.75) is 49.7 Å². The highest BCUT2D eigenvalue weighted by molar-refractivity contribution is 9.10. The van der Waals surface area contributed by atoms with Crippen molar-refractivity contribution in [2.24, 2.45) is 0 Å². The zero-order valence-electron chi connectivity index (χ0n) is 75.5. The van der Waals surface area contributed by atoms with Gasteiger partial charge >= 0.3 is 7.12 Å². The zero-order chi connectivity index (χ0) is 91.5. The fourth-order valence-electron chi connectivity index (χ4n) is 20.7. The second kappa shape index (κ2) is 35.1. The van der Waals surface area contributed by atoms with Gasteiger partial charge in [0.1, 0.15) is 4.60 Å². The van der Waals surface area contributed by atoms with E-state index in [-0.39, 0.29) is 0 Å². The van der Waals surface area contributed by atoms with E-state index in [9.17, 15) is 0 Å². The van der Waals surface area contributed by atoms with Crippen molar-refractivity contribution in [1.82, 2.24) is 29.9 Å². The van der Waals surface area contributed by atoms with Gasteiger partial charge in [-0.25, -0.2) is 29.9 Å². The number of rotatable bonds is 14. The number of pyridine rings is 2. The molecule has 0 N–H and O–H groups in total. The normalized spacial score (nSPS) is 13.8. The first-order chi connectivity index (χ1) is 66.8. The third kappa shape index (κ3) is 14.9. The number of halogens is 1. The predicted molar refractivity (Wildman–Crippen MR) is 563 cm³/mol. The quantitative estimate of drug-likeness (QED) is 0.0604. The molecule has 4 aromatic heterocycles. The van der Waals surface area contributed by atoms with Crippen molar-refractivity contribution in [3.05, 3.63) is 522 Å². The number of benzene rings is 18. The molecule has 1 fully saturated rings.